The van der Waals surface area contributed by atoms with Crippen LogP contribution >= 0.6 is 0 Å². The average molecular weight is 366 g/mol. The van der Waals surface area contributed by atoms with E-state index in [1.165, 1.54) is 17.5 Å². The van der Waals surface area contributed by atoms with Crippen molar-refractivity contribution in [2.75, 3.05) is 13.1 Å². The molecule has 1 unspecified atom stereocenters. The van der Waals surface area contributed by atoms with Crippen LogP contribution in [0.2, 0.25) is 0 Å². The number of ether oxygens (including phenoxy) is 1. The van der Waals surface area contributed by atoms with Crippen LogP contribution in [-0.2, 0) is 11.2 Å². The van der Waals surface area contributed by atoms with E-state index in [0.717, 1.165) is 38.1 Å². The first-order chi connectivity index (χ1) is 13.1. The van der Waals surface area contributed by atoms with Crippen molar-refractivity contribution in [1.82, 2.24) is 4.90 Å². The van der Waals surface area contributed by atoms with Crippen molar-refractivity contribution in [2.45, 2.75) is 58.0 Å². The third kappa shape index (κ3) is 5.85. The summed E-state index contributed by atoms with van der Waals surface area (Å²) in [5, 5.41) is 0. The van der Waals surface area contributed by atoms with Gasteiger partial charge in [-0.05, 0) is 68.7 Å². The molecule has 0 N–H and O–H groups in total. The summed E-state index contributed by atoms with van der Waals surface area (Å²) in [5.74, 6) is 1.36. The normalized spacial score (nSPS) is 15.6. The molecule has 1 amide bonds. The molecule has 1 aliphatic heterocycles. The van der Waals surface area contributed by atoms with Crippen molar-refractivity contribution in [3.8, 4) is 5.75 Å². The number of rotatable bonds is 7. The average Bonchev–Trinajstić information content (AvgIpc) is 2.69. The molecule has 0 spiro atoms. The van der Waals surface area contributed by atoms with Gasteiger partial charge in [0.25, 0.3) is 0 Å². The molecule has 3 heteroatoms. The summed E-state index contributed by atoms with van der Waals surface area (Å²) in [5.41, 5.74) is 2.48. The van der Waals surface area contributed by atoms with Gasteiger partial charge < -0.3 is 9.64 Å². The Hall–Kier alpha value is -2.29. The van der Waals surface area contributed by atoms with E-state index in [9.17, 15) is 4.79 Å². The highest BCUT2D eigenvalue weighted by atomic mass is 16.5. The Bertz CT molecular complexity index is 703. The van der Waals surface area contributed by atoms with E-state index in [1.54, 1.807) is 0 Å². The van der Waals surface area contributed by atoms with Crippen LogP contribution in [0.3, 0.4) is 0 Å². The first-order valence-electron chi connectivity index (χ1n) is 10.2. The zero-order valence-corrected chi connectivity index (χ0v) is 16.6. The van der Waals surface area contributed by atoms with E-state index >= 15 is 0 Å². The van der Waals surface area contributed by atoms with Gasteiger partial charge in [-0.25, -0.2) is 0 Å². The quantitative estimate of drug-likeness (QED) is 0.675. The molecule has 27 heavy (non-hydrogen) atoms. The lowest BCUT2D eigenvalue weighted by Gasteiger charge is -2.29. The second-order valence-electron chi connectivity index (χ2n) is 7.77. The lowest BCUT2D eigenvalue weighted by atomic mass is 9.88. The van der Waals surface area contributed by atoms with Gasteiger partial charge in [0.2, 0.25) is 5.91 Å². The number of hydrogen-bond donors (Lipinski definition) is 0. The molecule has 3 nitrogen and oxygen atoms in total. The highest BCUT2D eigenvalue weighted by Crippen LogP contribution is 2.28. The van der Waals surface area contributed by atoms with Crippen LogP contribution < -0.4 is 4.74 Å². The van der Waals surface area contributed by atoms with Gasteiger partial charge in [-0.2, -0.15) is 0 Å². The second-order valence-corrected chi connectivity index (χ2v) is 7.77. The lowest BCUT2D eigenvalue weighted by molar-refractivity contribution is -0.132. The highest BCUT2D eigenvalue weighted by molar-refractivity contribution is 5.77. The molecular weight excluding hydrogens is 334 g/mol. The monoisotopic (exact) mass is 365 g/mol. The highest BCUT2D eigenvalue weighted by Gasteiger charge is 2.22. The van der Waals surface area contributed by atoms with Gasteiger partial charge in [0.05, 0.1) is 6.10 Å². The molecule has 0 radical (unpaired) electrons. The summed E-state index contributed by atoms with van der Waals surface area (Å²) in [7, 11) is 0. The van der Waals surface area contributed by atoms with Gasteiger partial charge in [-0.1, -0.05) is 42.5 Å². The molecule has 0 aliphatic carbocycles. The van der Waals surface area contributed by atoms with E-state index in [1.807, 2.05) is 32.0 Å². The Labute approximate surface area is 163 Å². The van der Waals surface area contributed by atoms with Gasteiger partial charge in [0.15, 0.2) is 0 Å². The van der Waals surface area contributed by atoms with Gasteiger partial charge >= 0.3 is 0 Å². The largest absolute Gasteiger partial charge is 0.491 e. The first-order valence-corrected chi connectivity index (χ1v) is 10.2. The molecule has 1 saturated heterocycles. The van der Waals surface area contributed by atoms with Crippen LogP contribution in [-0.4, -0.2) is 30.0 Å². The number of likely N-dealkylation sites (tertiary alicyclic amines) is 1. The lowest BCUT2D eigenvalue weighted by Crippen LogP contribution is -2.36. The Kier molecular flexibility index (Phi) is 6.92. The fourth-order valence-corrected chi connectivity index (χ4v) is 3.78. The van der Waals surface area contributed by atoms with E-state index < -0.39 is 0 Å². The number of hydrogen-bond acceptors (Lipinski definition) is 2. The van der Waals surface area contributed by atoms with E-state index in [-0.39, 0.29) is 17.9 Å². The maximum Gasteiger partial charge on any atom is 0.223 e. The Balaban J connectivity index is 1.75. The number of nitrogens with zero attached hydrogens (tertiary/aromatic N) is 1. The summed E-state index contributed by atoms with van der Waals surface area (Å²) < 4.78 is 5.77. The van der Waals surface area contributed by atoms with Crippen molar-refractivity contribution < 1.29 is 9.53 Å². The first kappa shape index (κ1) is 19.5. The Morgan fingerprint density at radius 2 is 1.63 bits per heavy atom. The third-order valence-electron chi connectivity index (χ3n) is 5.18. The summed E-state index contributed by atoms with van der Waals surface area (Å²) >= 11 is 0. The molecule has 3 rings (SSSR count). The smallest absolute Gasteiger partial charge is 0.223 e. The summed E-state index contributed by atoms with van der Waals surface area (Å²) in [6, 6.07) is 18.8. The molecule has 144 valence electrons. The number of carbonyl (C=O) groups excluding carboxylic acids is 1. The maximum atomic E-state index is 12.9. The molecule has 1 aliphatic rings. The molecule has 2 aromatic rings. The minimum Gasteiger partial charge on any atom is -0.491 e. The molecule has 0 aromatic heterocycles. The standard InChI is InChI=1S/C24H31NO2/c1-19(2)27-23-13-11-21(12-14-23)22(17-20-9-5-3-6-10-20)18-24(26)25-15-7-4-8-16-25/h3,5-6,9-14,19,22H,4,7-8,15-18H2,1-2H3. The van der Waals surface area contributed by atoms with Gasteiger partial charge in [0, 0.05) is 19.5 Å². The maximum absolute atomic E-state index is 12.9. The minimum atomic E-state index is 0.164. The molecule has 1 heterocycles. The molecular formula is C24H31NO2. The van der Waals surface area contributed by atoms with Crippen LogP contribution in [0.25, 0.3) is 0 Å². The topological polar surface area (TPSA) is 29.5 Å². The SMILES string of the molecule is CC(C)Oc1ccc(C(CC(=O)N2CCCCC2)Cc2ccccc2)cc1. The van der Waals surface area contributed by atoms with Crippen molar-refractivity contribution in [3.63, 3.8) is 0 Å². The van der Waals surface area contributed by atoms with Crippen molar-refractivity contribution in [2.24, 2.45) is 0 Å². The van der Waals surface area contributed by atoms with Crippen molar-refractivity contribution in [3.05, 3.63) is 65.7 Å². The van der Waals surface area contributed by atoms with Gasteiger partial charge in [0.1, 0.15) is 5.75 Å². The van der Waals surface area contributed by atoms with Crippen molar-refractivity contribution >= 4 is 5.91 Å². The van der Waals surface area contributed by atoms with Crippen LogP contribution in [0.1, 0.15) is 56.6 Å². The van der Waals surface area contributed by atoms with Gasteiger partial charge in [-0.15, -0.1) is 0 Å². The van der Waals surface area contributed by atoms with Crippen LogP contribution in [0.15, 0.2) is 54.6 Å². The zero-order valence-electron chi connectivity index (χ0n) is 16.6. The van der Waals surface area contributed by atoms with Crippen LogP contribution in [0.5, 0.6) is 5.75 Å². The van der Waals surface area contributed by atoms with E-state index in [2.05, 4.69) is 41.3 Å². The number of amides is 1. The predicted octanol–water partition coefficient (Wildman–Crippen LogP) is 5.20. The minimum absolute atomic E-state index is 0.164. The Morgan fingerprint density at radius 1 is 0.963 bits per heavy atom. The summed E-state index contributed by atoms with van der Waals surface area (Å²) in [4.78, 5) is 14.9. The van der Waals surface area contributed by atoms with E-state index in [0.29, 0.717) is 6.42 Å². The zero-order chi connectivity index (χ0) is 19.1. The fourth-order valence-electron chi connectivity index (χ4n) is 3.78. The van der Waals surface area contributed by atoms with Crippen molar-refractivity contribution in [1.29, 1.82) is 0 Å². The van der Waals surface area contributed by atoms with E-state index in [4.69, 9.17) is 4.74 Å². The molecule has 2 aromatic carbocycles. The van der Waals surface area contributed by atoms with Gasteiger partial charge in [-0.3, -0.25) is 4.79 Å². The molecule has 0 bridgehead atoms. The summed E-state index contributed by atoms with van der Waals surface area (Å²) in [6.07, 6.45) is 5.13. The summed E-state index contributed by atoms with van der Waals surface area (Å²) in [6.45, 7) is 5.89. The second kappa shape index (κ2) is 9.59. The molecule has 0 saturated carbocycles. The molecule has 1 fully saturated rings. The number of benzene rings is 2. The predicted molar refractivity (Wildman–Crippen MR) is 110 cm³/mol. The van der Waals surface area contributed by atoms with Crippen LogP contribution in [0.4, 0.5) is 0 Å². The third-order valence-corrected chi connectivity index (χ3v) is 5.18. The van der Waals surface area contributed by atoms with Crippen LogP contribution in [0, 0.1) is 0 Å². The fraction of sp³-hybridized carbons (Fsp3) is 0.458. The number of piperidine rings is 1. The molecule has 1 atom stereocenters. The number of carbonyl (C=O) groups is 1. The Morgan fingerprint density at radius 3 is 2.26 bits per heavy atom.